The minimum atomic E-state index is -0.304. The molecule has 5 nitrogen and oxygen atoms in total. The van der Waals surface area contributed by atoms with E-state index in [0.717, 1.165) is 18.9 Å². The van der Waals surface area contributed by atoms with Crippen molar-refractivity contribution < 1.29 is 13.9 Å². The molecule has 1 N–H and O–H groups in total. The fourth-order valence-corrected chi connectivity index (χ4v) is 2.97. The van der Waals surface area contributed by atoms with Crippen molar-refractivity contribution in [3.05, 3.63) is 54.0 Å². The topological polar surface area (TPSA) is 54.5 Å². The fourth-order valence-electron chi connectivity index (χ4n) is 2.97. The number of halogens is 1. The third-order valence-corrected chi connectivity index (χ3v) is 4.41. The number of rotatable bonds is 6. The molecule has 6 heteroatoms. The molecule has 0 aliphatic carbocycles. The Kier molecular flexibility index (Phi) is 6.41. The monoisotopic (exact) mass is 357 g/mol. The van der Waals surface area contributed by atoms with Crippen LogP contribution in [0.1, 0.15) is 36.0 Å². The lowest BCUT2D eigenvalue weighted by molar-refractivity contribution is 0.0946. The number of nitrogens with one attached hydrogen (secondary N) is 1. The van der Waals surface area contributed by atoms with Gasteiger partial charge in [0.1, 0.15) is 24.0 Å². The molecule has 0 bridgehead atoms. The Labute approximate surface area is 153 Å². The molecule has 138 valence electrons. The summed E-state index contributed by atoms with van der Waals surface area (Å²) in [6.07, 6.45) is 6.56. The molecule has 2 heterocycles. The second-order valence-corrected chi connectivity index (χ2v) is 6.36. The van der Waals surface area contributed by atoms with Crippen molar-refractivity contribution >= 4 is 11.7 Å². The minimum Gasteiger partial charge on any atom is -0.492 e. The first-order valence-corrected chi connectivity index (χ1v) is 9.10. The van der Waals surface area contributed by atoms with Gasteiger partial charge in [0, 0.05) is 19.3 Å². The van der Waals surface area contributed by atoms with Gasteiger partial charge in [0.25, 0.3) is 5.91 Å². The lowest BCUT2D eigenvalue weighted by Gasteiger charge is -2.21. The van der Waals surface area contributed by atoms with E-state index in [9.17, 15) is 9.18 Å². The second-order valence-electron chi connectivity index (χ2n) is 6.36. The number of carbonyl (C=O) groups is 1. The first kappa shape index (κ1) is 18.2. The Hall–Kier alpha value is -2.63. The van der Waals surface area contributed by atoms with Crippen molar-refractivity contribution in [2.24, 2.45) is 0 Å². The summed E-state index contributed by atoms with van der Waals surface area (Å²) < 4.78 is 18.3. The van der Waals surface area contributed by atoms with E-state index in [4.69, 9.17) is 4.74 Å². The van der Waals surface area contributed by atoms with Crippen molar-refractivity contribution in [1.29, 1.82) is 0 Å². The molecule has 1 aromatic heterocycles. The molecule has 0 radical (unpaired) electrons. The highest BCUT2D eigenvalue weighted by Crippen LogP contribution is 2.17. The lowest BCUT2D eigenvalue weighted by Crippen LogP contribution is -2.28. The molecule has 0 saturated carbocycles. The Morgan fingerprint density at radius 3 is 2.46 bits per heavy atom. The summed E-state index contributed by atoms with van der Waals surface area (Å²) in [7, 11) is 0. The molecule has 26 heavy (non-hydrogen) atoms. The molecule has 1 aliphatic heterocycles. The molecule has 1 aliphatic rings. The van der Waals surface area contributed by atoms with Crippen molar-refractivity contribution in [2.75, 3.05) is 31.1 Å². The number of anilines is 1. The fraction of sp³-hybridized carbons (Fsp3) is 0.400. The Balaban J connectivity index is 1.44. The van der Waals surface area contributed by atoms with Crippen molar-refractivity contribution in [3.8, 4) is 5.75 Å². The molecule has 0 atom stereocenters. The van der Waals surface area contributed by atoms with Crippen LogP contribution >= 0.6 is 0 Å². The maximum Gasteiger partial charge on any atom is 0.252 e. The Morgan fingerprint density at radius 2 is 1.81 bits per heavy atom. The Morgan fingerprint density at radius 1 is 1.08 bits per heavy atom. The van der Waals surface area contributed by atoms with E-state index < -0.39 is 0 Å². The predicted octanol–water partition coefficient (Wildman–Crippen LogP) is 3.41. The van der Waals surface area contributed by atoms with E-state index in [1.54, 1.807) is 18.3 Å². The summed E-state index contributed by atoms with van der Waals surface area (Å²) in [6, 6.07) is 9.51. The van der Waals surface area contributed by atoms with Crippen LogP contribution in [0.25, 0.3) is 0 Å². The van der Waals surface area contributed by atoms with Gasteiger partial charge in [-0.25, -0.2) is 9.37 Å². The highest BCUT2D eigenvalue weighted by molar-refractivity contribution is 5.94. The van der Waals surface area contributed by atoms with Gasteiger partial charge in [-0.15, -0.1) is 0 Å². The predicted molar refractivity (Wildman–Crippen MR) is 99.1 cm³/mol. The average Bonchev–Trinajstić information content (AvgIpc) is 2.96. The Bertz CT molecular complexity index is 696. The van der Waals surface area contributed by atoms with Gasteiger partial charge in [-0.2, -0.15) is 0 Å². The summed E-state index contributed by atoms with van der Waals surface area (Å²) >= 11 is 0. The molecule has 1 aromatic carbocycles. The third-order valence-electron chi connectivity index (χ3n) is 4.41. The zero-order valence-electron chi connectivity index (χ0n) is 14.8. The molecule has 1 fully saturated rings. The van der Waals surface area contributed by atoms with Crippen LogP contribution < -0.4 is 15.0 Å². The highest BCUT2D eigenvalue weighted by atomic mass is 19.1. The summed E-state index contributed by atoms with van der Waals surface area (Å²) in [5, 5.41) is 2.80. The van der Waals surface area contributed by atoms with Crippen LogP contribution in [0.15, 0.2) is 42.6 Å². The van der Waals surface area contributed by atoms with Gasteiger partial charge in [-0.1, -0.05) is 12.8 Å². The van der Waals surface area contributed by atoms with Crippen LogP contribution in [0.2, 0.25) is 0 Å². The summed E-state index contributed by atoms with van der Waals surface area (Å²) in [6.45, 7) is 2.74. The summed E-state index contributed by atoms with van der Waals surface area (Å²) in [5.41, 5.74) is 0.533. The minimum absolute atomic E-state index is 0.178. The SMILES string of the molecule is O=C(NCCOc1ccc(F)cc1)c1ccc(N2CCCCCC2)nc1. The molecular formula is C20H24FN3O2. The molecule has 2 aromatic rings. The first-order valence-electron chi connectivity index (χ1n) is 9.10. The van der Waals surface area contributed by atoms with Crippen LogP contribution in [-0.4, -0.2) is 37.1 Å². The van der Waals surface area contributed by atoms with Crippen LogP contribution in [-0.2, 0) is 0 Å². The van der Waals surface area contributed by atoms with Gasteiger partial charge in [-0.05, 0) is 49.2 Å². The van der Waals surface area contributed by atoms with Crippen LogP contribution in [0.4, 0.5) is 10.2 Å². The van der Waals surface area contributed by atoms with Gasteiger partial charge < -0.3 is 15.0 Å². The van der Waals surface area contributed by atoms with E-state index in [1.165, 1.54) is 37.8 Å². The van der Waals surface area contributed by atoms with Crippen LogP contribution in [0.5, 0.6) is 5.75 Å². The zero-order valence-corrected chi connectivity index (χ0v) is 14.8. The van der Waals surface area contributed by atoms with Crippen LogP contribution in [0, 0.1) is 5.82 Å². The quantitative estimate of drug-likeness (QED) is 0.805. The number of ether oxygens (including phenoxy) is 1. The van der Waals surface area contributed by atoms with E-state index in [-0.39, 0.29) is 11.7 Å². The average molecular weight is 357 g/mol. The van der Waals surface area contributed by atoms with Gasteiger partial charge >= 0.3 is 0 Å². The van der Waals surface area contributed by atoms with Crippen molar-refractivity contribution in [1.82, 2.24) is 10.3 Å². The normalized spacial score (nSPS) is 14.6. The second kappa shape index (κ2) is 9.17. The number of benzene rings is 1. The molecule has 0 spiro atoms. The van der Waals surface area contributed by atoms with Gasteiger partial charge in [0.05, 0.1) is 12.1 Å². The van der Waals surface area contributed by atoms with E-state index in [1.807, 2.05) is 12.1 Å². The number of hydrogen-bond donors (Lipinski definition) is 1. The lowest BCUT2D eigenvalue weighted by atomic mass is 10.2. The standard InChI is InChI=1S/C20H24FN3O2/c21-17-6-8-18(9-7-17)26-14-11-22-20(25)16-5-10-19(23-15-16)24-12-3-1-2-4-13-24/h5-10,15H,1-4,11-14H2,(H,22,25). The van der Waals surface area contributed by atoms with Crippen molar-refractivity contribution in [2.45, 2.75) is 25.7 Å². The van der Waals surface area contributed by atoms with Crippen LogP contribution in [0.3, 0.4) is 0 Å². The highest BCUT2D eigenvalue weighted by Gasteiger charge is 2.12. The number of pyridine rings is 1. The molecule has 1 saturated heterocycles. The van der Waals surface area contributed by atoms with E-state index in [0.29, 0.717) is 24.5 Å². The maximum atomic E-state index is 12.8. The zero-order chi connectivity index (χ0) is 18.2. The number of aromatic nitrogens is 1. The number of nitrogens with zero attached hydrogens (tertiary/aromatic N) is 2. The summed E-state index contributed by atoms with van der Waals surface area (Å²) in [4.78, 5) is 18.9. The van der Waals surface area contributed by atoms with Crippen molar-refractivity contribution in [3.63, 3.8) is 0 Å². The molecule has 0 unspecified atom stereocenters. The molecule has 1 amide bonds. The number of amides is 1. The summed E-state index contributed by atoms with van der Waals surface area (Å²) in [5.74, 6) is 1.02. The third kappa shape index (κ3) is 5.18. The van der Waals surface area contributed by atoms with E-state index in [2.05, 4.69) is 15.2 Å². The van der Waals surface area contributed by atoms with E-state index >= 15 is 0 Å². The first-order chi connectivity index (χ1) is 12.7. The number of carbonyl (C=O) groups excluding carboxylic acids is 1. The van der Waals surface area contributed by atoms with Gasteiger partial charge in [0.2, 0.25) is 0 Å². The molecular weight excluding hydrogens is 333 g/mol. The van der Waals surface area contributed by atoms with Gasteiger partial charge in [-0.3, -0.25) is 4.79 Å². The maximum absolute atomic E-state index is 12.8. The largest absolute Gasteiger partial charge is 0.492 e. The molecule has 3 rings (SSSR count). The smallest absolute Gasteiger partial charge is 0.252 e. The van der Waals surface area contributed by atoms with Gasteiger partial charge in [0.15, 0.2) is 0 Å². The number of hydrogen-bond acceptors (Lipinski definition) is 4.